The first-order valence-electron chi connectivity index (χ1n) is 10.3. The molecule has 0 fully saturated rings. The molecule has 1 atom stereocenters. The summed E-state index contributed by atoms with van der Waals surface area (Å²) < 4.78 is 0. The molecule has 3 aromatic heterocycles. The zero-order valence-electron chi connectivity index (χ0n) is 19.1. The number of aromatic nitrogens is 3. The number of hydrogen-bond donors (Lipinski definition) is 2. The molecule has 0 aliphatic heterocycles. The molecule has 3 rings (SSSR count). The Morgan fingerprint density at radius 1 is 1.24 bits per heavy atom. The SMILES string of the molecule is CC(C)(C)CC(C)(C)ON(OC=O)C(=O)c1ccc(C(O)c2c[nH]c3ncc(Cl)cc23)cn1. The summed E-state index contributed by atoms with van der Waals surface area (Å²) in [4.78, 5) is 45.6. The van der Waals surface area contributed by atoms with Gasteiger partial charge in [-0.15, -0.1) is 0 Å². The molecule has 3 heterocycles. The highest BCUT2D eigenvalue weighted by Gasteiger charge is 2.33. The van der Waals surface area contributed by atoms with Crippen molar-refractivity contribution < 1.29 is 24.4 Å². The molecule has 9 nitrogen and oxygen atoms in total. The van der Waals surface area contributed by atoms with E-state index in [9.17, 15) is 14.7 Å². The number of hydrogen-bond acceptors (Lipinski definition) is 7. The lowest BCUT2D eigenvalue weighted by atomic mass is 9.84. The van der Waals surface area contributed by atoms with Crippen LogP contribution in [0.25, 0.3) is 11.0 Å². The third-order valence-corrected chi connectivity index (χ3v) is 4.94. The van der Waals surface area contributed by atoms with Crippen LogP contribution in [0.5, 0.6) is 0 Å². The molecule has 1 unspecified atom stereocenters. The monoisotopic (exact) mass is 474 g/mol. The van der Waals surface area contributed by atoms with Gasteiger partial charge in [0.15, 0.2) is 0 Å². The van der Waals surface area contributed by atoms with Crippen LogP contribution >= 0.6 is 11.6 Å². The Morgan fingerprint density at radius 3 is 2.58 bits per heavy atom. The molecule has 0 spiro atoms. The van der Waals surface area contributed by atoms with Gasteiger partial charge in [-0.2, -0.15) is 0 Å². The van der Waals surface area contributed by atoms with E-state index in [1.54, 1.807) is 32.2 Å². The van der Waals surface area contributed by atoms with Crippen LogP contribution in [0.3, 0.4) is 0 Å². The predicted octanol–water partition coefficient (Wildman–Crippen LogP) is 4.37. The third kappa shape index (κ3) is 6.07. The van der Waals surface area contributed by atoms with E-state index in [1.165, 1.54) is 18.5 Å². The van der Waals surface area contributed by atoms with Crippen molar-refractivity contribution in [2.45, 2.75) is 52.7 Å². The van der Waals surface area contributed by atoms with Crippen LogP contribution in [0.2, 0.25) is 5.02 Å². The quantitative estimate of drug-likeness (QED) is 0.367. The van der Waals surface area contributed by atoms with Gasteiger partial charge < -0.3 is 14.9 Å². The molecule has 10 heteroatoms. The number of amides is 1. The summed E-state index contributed by atoms with van der Waals surface area (Å²) in [7, 11) is 0. The summed E-state index contributed by atoms with van der Waals surface area (Å²) in [5, 5.41) is 12.5. The van der Waals surface area contributed by atoms with Gasteiger partial charge in [0.1, 0.15) is 17.4 Å². The number of carbonyl (C=O) groups is 2. The standard InChI is InChI=1S/C23H27ClN4O5/c1-22(2,3)12-23(4,5)33-28(32-13-29)21(31)18-7-6-14(9-25-18)19(30)17-11-27-20-16(17)8-15(24)10-26-20/h6-11,13,19,30H,12H2,1-5H3,(H,26,27). The molecule has 33 heavy (non-hydrogen) atoms. The fourth-order valence-corrected chi connectivity index (χ4v) is 4.03. The molecule has 2 N–H and O–H groups in total. The summed E-state index contributed by atoms with van der Waals surface area (Å²) in [5.74, 6) is -0.756. The summed E-state index contributed by atoms with van der Waals surface area (Å²) in [6.45, 7) is 9.81. The number of nitrogens with one attached hydrogen (secondary N) is 1. The van der Waals surface area contributed by atoms with Gasteiger partial charge in [-0.25, -0.2) is 9.82 Å². The first kappa shape index (κ1) is 24.6. The molecule has 3 aromatic rings. The van der Waals surface area contributed by atoms with Gasteiger partial charge in [-0.1, -0.05) is 38.4 Å². The molecule has 0 saturated carbocycles. The number of aromatic amines is 1. The molecule has 0 aliphatic carbocycles. The second-order valence-electron chi connectivity index (χ2n) is 9.53. The van der Waals surface area contributed by atoms with E-state index in [0.29, 0.717) is 38.8 Å². The van der Waals surface area contributed by atoms with Crippen LogP contribution in [-0.4, -0.2) is 43.3 Å². The van der Waals surface area contributed by atoms with Gasteiger partial charge in [0.25, 0.3) is 0 Å². The van der Waals surface area contributed by atoms with Crippen LogP contribution in [0.4, 0.5) is 0 Å². The summed E-state index contributed by atoms with van der Waals surface area (Å²) in [6, 6.07) is 4.68. The number of H-pyrrole nitrogens is 1. The van der Waals surface area contributed by atoms with Crippen LogP contribution in [0.15, 0.2) is 36.8 Å². The highest BCUT2D eigenvalue weighted by atomic mass is 35.5. The van der Waals surface area contributed by atoms with Crippen molar-refractivity contribution in [2.75, 3.05) is 0 Å². The summed E-state index contributed by atoms with van der Waals surface area (Å²) >= 11 is 6.03. The molecular weight excluding hydrogens is 448 g/mol. The summed E-state index contributed by atoms with van der Waals surface area (Å²) in [5.41, 5.74) is 0.700. The van der Waals surface area contributed by atoms with Gasteiger partial charge in [-0.3, -0.25) is 14.6 Å². The van der Waals surface area contributed by atoms with Crippen LogP contribution in [0.1, 0.15) is 68.8 Å². The number of aliphatic hydroxyl groups excluding tert-OH is 1. The molecule has 176 valence electrons. The molecule has 0 aliphatic rings. The van der Waals surface area contributed by atoms with Crippen molar-refractivity contribution in [1.82, 2.24) is 20.2 Å². The predicted molar refractivity (Wildman–Crippen MR) is 122 cm³/mol. The zero-order chi connectivity index (χ0) is 24.4. The lowest BCUT2D eigenvalue weighted by Crippen LogP contribution is -2.42. The Hall–Kier alpha value is -3.01. The molecule has 0 saturated heterocycles. The minimum Gasteiger partial charge on any atom is -0.384 e. The third-order valence-electron chi connectivity index (χ3n) is 4.74. The highest BCUT2D eigenvalue weighted by Crippen LogP contribution is 2.31. The number of pyridine rings is 2. The van der Waals surface area contributed by atoms with Crippen LogP contribution in [0, 0.1) is 5.41 Å². The van der Waals surface area contributed by atoms with Crippen LogP contribution < -0.4 is 0 Å². The normalized spacial score (nSPS) is 13.1. The van der Waals surface area contributed by atoms with E-state index < -0.39 is 17.6 Å². The molecule has 0 aromatic carbocycles. The van der Waals surface area contributed by atoms with Gasteiger partial charge >= 0.3 is 12.4 Å². The Kier molecular flexibility index (Phi) is 7.06. The number of rotatable bonds is 8. The van der Waals surface area contributed by atoms with E-state index in [-0.39, 0.29) is 17.6 Å². The molecule has 1 amide bonds. The Morgan fingerprint density at radius 2 is 1.97 bits per heavy atom. The molecule has 0 radical (unpaired) electrons. The number of halogens is 1. The second-order valence-corrected chi connectivity index (χ2v) is 9.96. The number of carbonyl (C=O) groups excluding carboxylic acids is 2. The van der Waals surface area contributed by atoms with Crippen molar-refractivity contribution in [3.05, 3.63) is 58.6 Å². The van der Waals surface area contributed by atoms with Crippen molar-refractivity contribution >= 4 is 35.0 Å². The van der Waals surface area contributed by atoms with Crippen molar-refractivity contribution in [1.29, 1.82) is 0 Å². The number of nitrogens with zero attached hydrogens (tertiary/aromatic N) is 3. The fourth-order valence-electron chi connectivity index (χ4n) is 3.87. The minimum atomic E-state index is -1.03. The van der Waals surface area contributed by atoms with Crippen molar-refractivity contribution in [2.24, 2.45) is 5.41 Å². The zero-order valence-corrected chi connectivity index (χ0v) is 19.9. The van der Waals surface area contributed by atoms with Gasteiger partial charge in [0.05, 0.1) is 10.6 Å². The van der Waals surface area contributed by atoms with E-state index >= 15 is 0 Å². The van der Waals surface area contributed by atoms with E-state index in [0.717, 1.165) is 0 Å². The van der Waals surface area contributed by atoms with Gasteiger partial charge in [0.2, 0.25) is 0 Å². The van der Waals surface area contributed by atoms with E-state index in [2.05, 4.69) is 15.0 Å². The Bertz CT molecular complexity index is 1140. The fraction of sp³-hybridized carbons (Fsp3) is 0.391. The van der Waals surface area contributed by atoms with E-state index in [4.69, 9.17) is 21.3 Å². The average Bonchev–Trinajstić information content (AvgIpc) is 3.13. The first-order chi connectivity index (χ1) is 15.4. The topological polar surface area (TPSA) is 118 Å². The largest absolute Gasteiger partial charge is 0.384 e. The number of fused-ring (bicyclic) bond motifs is 1. The first-order valence-corrected chi connectivity index (χ1v) is 10.7. The lowest BCUT2D eigenvalue weighted by molar-refractivity contribution is -0.345. The van der Waals surface area contributed by atoms with Crippen molar-refractivity contribution in [3.63, 3.8) is 0 Å². The molecular formula is C23H27ClN4O5. The second kappa shape index (κ2) is 9.46. The molecule has 0 bridgehead atoms. The Labute approximate surface area is 196 Å². The number of hydroxylamine groups is 2. The minimum absolute atomic E-state index is 0.0250. The maximum absolute atomic E-state index is 12.9. The Balaban J connectivity index is 1.80. The number of aliphatic hydroxyl groups is 1. The van der Waals surface area contributed by atoms with Gasteiger partial charge in [0, 0.05) is 35.1 Å². The summed E-state index contributed by atoms with van der Waals surface area (Å²) in [6.07, 6.45) is 4.08. The maximum Gasteiger partial charge on any atom is 0.333 e. The van der Waals surface area contributed by atoms with Gasteiger partial charge in [-0.05, 0) is 43.0 Å². The van der Waals surface area contributed by atoms with Crippen LogP contribution in [-0.2, 0) is 14.5 Å². The van der Waals surface area contributed by atoms with E-state index in [1.807, 2.05) is 20.8 Å². The smallest absolute Gasteiger partial charge is 0.333 e. The van der Waals surface area contributed by atoms with Crippen molar-refractivity contribution in [3.8, 4) is 0 Å². The lowest BCUT2D eigenvalue weighted by Gasteiger charge is -2.34. The average molecular weight is 475 g/mol. The highest BCUT2D eigenvalue weighted by molar-refractivity contribution is 6.31. The maximum atomic E-state index is 12.9.